The first kappa shape index (κ1) is 21.4. The molecule has 164 valence electrons. The van der Waals surface area contributed by atoms with Crippen molar-refractivity contribution in [3.8, 4) is 17.2 Å². The summed E-state index contributed by atoms with van der Waals surface area (Å²) < 4.78 is 10.7. The highest BCUT2D eigenvalue weighted by Crippen LogP contribution is 2.27. The standard InChI is InChI=1S/C21H19N5O5S/c1-21(18(28)23-19(29)24-21)13-4-3-5-14(10-13)22-16(27)11-32-20-26-25-17(31-20)12-6-8-15(30-2)9-7-12/h3-10H,11H2,1-2H3,(H,22,27)(H2,23,24,28,29). The van der Waals surface area contributed by atoms with Crippen LogP contribution in [0.2, 0.25) is 0 Å². The molecule has 1 aliphatic heterocycles. The number of amides is 4. The van der Waals surface area contributed by atoms with Crippen LogP contribution in [0, 0.1) is 0 Å². The lowest BCUT2D eigenvalue weighted by Crippen LogP contribution is -2.40. The molecule has 11 heteroatoms. The minimum Gasteiger partial charge on any atom is -0.497 e. The van der Waals surface area contributed by atoms with Gasteiger partial charge in [-0.1, -0.05) is 23.9 Å². The first-order valence-electron chi connectivity index (χ1n) is 9.52. The average molecular weight is 453 g/mol. The van der Waals surface area contributed by atoms with E-state index in [1.165, 1.54) is 0 Å². The van der Waals surface area contributed by atoms with E-state index in [0.717, 1.165) is 17.3 Å². The number of urea groups is 1. The minimum absolute atomic E-state index is 0.0446. The Labute approximate surface area is 187 Å². The Hall–Kier alpha value is -3.86. The molecule has 3 N–H and O–H groups in total. The summed E-state index contributed by atoms with van der Waals surface area (Å²) in [6, 6.07) is 13.3. The molecule has 1 atom stereocenters. The summed E-state index contributed by atoms with van der Waals surface area (Å²) in [5.41, 5.74) is 0.580. The molecule has 32 heavy (non-hydrogen) atoms. The maximum Gasteiger partial charge on any atom is 0.322 e. The highest BCUT2D eigenvalue weighted by Gasteiger charge is 2.43. The fourth-order valence-corrected chi connectivity index (χ4v) is 3.66. The van der Waals surface area contributed by atoms with Gasteiger partial charge < -0.3 is 19.8 Å². The second-order valence-corrected chi connectivity index (χ2v) is 7.98. The topological polar surface area (TPSA) is 135 Å². The number of hydrogen-bond donors (Lipinski definition) is 3. The van der Waals surface area contributed by atoms with E-state index in [9.17, 15) is 14.4 Å². The average Bonchev–Trinajstić information content (AvgIpc) is 3.37. The molecule has 3 aromatic rings. The van der Waals surface area contributed by atoms with Gasteiger partial charge in [-0.05, 0) is 48.9 Å². The second-order valence-electron chi connectivity index (χ2n) is 7.05. The molecule has 1 aromatic heterocycles. The molecule has 10 nitrogen and oxygen atoms in total. The van der Waals surface area contributed by atoms with E-state index in [1.807, 2.05) is 0 Å². The summed E-state index contributed by atoms with van der Waals surface area (Å²) in [7, 11) is 1.58. The van der Waals surface area contributed by atoms with Crippen LogP contribution >= 0.6 is 11.8 Å². The molecule has 0 saturated carbocycles. The molecular weight excluding hydrogens is 434 g/mol. The zero-order chi connectivity index (χ0) is 22.7. The van der Waals surface area contributed by atoms with E-state index in [1.54, 1.807) is 62.6 Å². The van der Waals surface area contributed by atoms with Gasteiger partial charge in [0, 0.05) is 11.3 Å². The third-order valence-electron chi connectivity index (χ3n) is 4.84. The number of imide groups is 1. The van der Waals surface area contributed by atoms with Crippen molar-refractivity contribution < 1.29 is 23.5 Å². The molecule has 0 aliphatic carbocycles. The molecule has 0 spiro atoms. The Kier molecular flexibility index (Phi) is 5.82. The maximum absolute atomic E-state index is 12.4. The van der Waals surface area contributed by atoms with Gasteiger partial charge in [-0.3, -0.25) is 14.9 Å². The summed E-state index contributed by atoms with van der Waals surface area (Å²) in [6.45, 7) is 1.60. The third kappa shape index (κ3) is 4.42. The van der Waals surface area contributed by atoms with Crippen LogP contribution in [-0.4, -0.2) is 40.9 Å². The fourth-order valence-electron chi connectivity index (χ4n) is 3.10. The number of carbonyl (C=O) groups is 3. The largest absolute Gasteiger partial charge is 0.497 e. The Morgan fingerprint density at radius 2 is 1.97 bits per heavy atom. The van der Waals surface area contributed by atoms with Gasteiger partial charge in [0.1, 0.15) is 11.3 Å². The molecule has 4 rings (SSSR count). The van der Waals surface area contributed by atoms with Crippen LogP contribution in [0.1, 0.15) is 12.5 Å². The Morgan fingerprint density at radius 3 is 2.66 bits per heavy atom. The van der Waals surface area contributed by atoms with Gasteiger partial charge in [-0.25, -0.2) is 4.79 Å². The number of methoxy groups -OCH3 is 1. The molecule has 2 heterocycles. The van der Waals surface area contributed by atoms with Crippen molar-refractivity contribution in [1.82, 2.24) is 20.8 Å². The summed E-state index contributed by atoms with van der Waals surface area (Å²) in [4.78, 5) is 36.0. The SMILES string of the molecule is COc1ccc(-c2nnc(SCC(=O)Nc3cccc(C4(C)NC(=O)NC4=O)c3)o2)cc1. The first-order chi connectivity index (χ1) is 15.4. The molecule has 4 amide bonds. The quantitative estimate of drug-likeness (QED) is 0.367. The van der Waals surface area contributed by atoms with Crippen LogP contribution in [-0.2, 0) is 15.1 Å². The minimum atomic E-state index is -1.20. The highest BCUT2D eigenvalue weighted by atomic mass is 32.2. The van der Waals surface area contributed by atoms with Crippen molar-refractivity contribution in [3.05, 3.63) is 54.1 Å². The smallest absolute Gasteiger partial charge is 0.322 e. The number of hydrogen-bond acceptors (Lipinski definition) is 8. The van der Waals surface area contributed by atoms with Crippen molar-refractivity contribution in [2.45, 2.75) is 17.7 Å². The number of rotatable bonds is 7. The van der Waals surface area contributed by atoms with E-state index < -0.39 is 17.5 Å². The van der Waals surface area contributed by atoms with Crippen LogP contribution in [0.3, 0.4) is 0 Å². The predicted molar refractivity (Wildman–Crippen MR) is 116 cm³/mol. The number of anilines is 1. The third-order valence-corrected chi connectivity index (χ3v) is 5.66. The Morgan fingerprint density at radius 1 is 1.19 bits per heavy atom. The number of aromatic nitrogens is 2. The van der Waals surface area contributed by atoms with E-state index in [2.05, 4.69) is 26.1 Å². The summed E-state index contributed by atoms with van der Waals surface area (Å²) in [5, 5.41) is 15.8. The summed E-state index contributed by atoms with van der Waals surface area (Å²) in [5.74, 6) is 0.358. The molecule has 2 aromatic carbocycles. The van der Waals surface area contributed by atoms with Gasteiger partial charge >= 0.3 is 6.03 Å². The second kappa shape index (κ2) is 8.71. The first-order valence-corrected chi connectivity index (χ1v) is 10.5. The molecule has 1 aliphatic rings. The fraction of sp³-hybridized carbons (Fsp3) is 0.190. The number of carbonyl (C=O) groups excluding carboxylic acids is 3. The predicted octanol–water partition coefficient (Wildman–Crippen LogP) is 2.53. The number of nitrogens with one attached hydrogen (secondary N) is 3. The van der Waals surface area contributed by atoms with E-state index in [4.69, 9.17) is 9.15 Å². The van der Waals surface area contributed by atoms with Crippen LogP contribution in [0.15, 0.2) is 58.2 Å². The van der Waals surface area contributed by atoms with Crippen LogP contribution in [0.4, 0.5) is 10.5 Å². The lowest BCUT2D eigenvalue weighted by atomic mass is 9.92. The molecule has 0 bridgehead atoms. The van der Waals surface area contributed by atoms with Crippen molar-refractivity contribution in [2.75, 3.05) is 18.2 Å². The van der Waals surface area contributed by atoms with Gasteiger partial charge in [0.15, 0.2) is 0 Å². The van der Waals surface area contributed by atoms with Crippen molar-refractivity contribution in [2.24, 2.45) is 0 Å². The number of nitrogens with zero attached hydrogens (tertiary/aromatic N) is 2. The van der Waals surface area contributed by atoms with Crippen molar-refractivity contribution in [3.63, 3.8) is 0 Å². The molecule has 1 saturated heterocycles. The van der Waals surface area contributed by atoms with E-state index >= 15 is 0 Å². The summed E-state index contributed by atoms with van der Waals surface area (Å²) in [6.07, 6.45) is 0. The molecule has 1 unspecified atom stereocenters. The lowest BCUT2D eigenvalue weighted by molar-refractivity contribution is -0.123. The van der Waals surface area contributed by atoms with Crippen LogP contribution in [0.5, 0.6) is 5.75 Å². The van der Waals surface area contributed by atoms with Gasteiger partial charge in [-0.2, -0.15) is 0 Å². The van der Waals surface area contributed by atoms with Crippen molar-refractivity contribution >= 4 is 35.3 Å². The van der Waals surface area contributed by atoms with Crippen molar-refractivity contribution in [1.29, 1.82) is 0 Å². The van der Waals surface area contributed by atoms with Gasteiger partial charge in [0.2, 0.25) is 11.8 Å². The number of ether oxygens (including phenoxy) is 1. The van der Waals surface area contributed by atoms with Crippen LogP contribution < -0.4 is 20.7 Å². The molecular formula is C21H19N5O5S. The number of thioether (sulfide) groups is 1. The van der Waals surface area contributed by atoms with Gasteiger partial charge in [0.05, 0.1) is 12.9 Å². The molecule has 0 radical (unpaired) electrons. The summed E-state index contributed by atoms with van der Waals surface area (Å²) >= 11 is 1.10. The normalized spacial score (nSPS) is 17.6. The molecule has 1 fully saturated rings. The van der Waals surface area contributed by atoms with Gasteiger partial charge in [0.25, 0.3) is 11.1 Å². The maximum atomic E-state index is 12.4. The lowest BCUT2D eigenvalue weighted by Gasteiger charge is -2.21. The van der Waals surface area contributed by atoms with Crippen LogP contribution in [0.25, 0.3) is 11.5 Å². The monoisotopic (exact) mass is 453 g/mol. The van der Waals surface area contributed by atoms with Gasteiger partial charge in [-0.15, -0.1) is 10.2 Å². The Bertz CT molecular complexity index is 1180. The number of benzene rings is 2. The zero-order valence-electron chi connectivity index (χ0n) is 17.2. The Balaban J connectivity index is 1.36. The highest BCUT2D eigenvalue weighted by molar-refractivity contribution is 7.99. The van der Waals surface area contributed by atoms with E-state index in [0.29, 0.717) is 22.9 Å². The van der Waals surface area contributed by atoms with E-state index in [-0.39, 0.29) is 16.9 Å². The zero-order valence-corrected chi connectivity index (χ0v) is 18.0.